The van der Waals surface area contributed by atoms with Gasteiger partial charge in [-0.15, -0.1) is 0 Å². The molecule has 1 saturated heterocycles. The van der Waals surface area contributed by atoms with Gasteiger partial charge < -0.3 is 15.4 Å². The van der Waals surface area contributed by atoms with E-state index < -0.39 is 5.91 Å². The van der Waals surface area contributed by atoms with Crippen molar-refractivity contribution < 1.29 is 14.3 Å². The number of anilines is 1. The van der Waals surface area contributed by atoms with Crippen molar-refractivity contribution in [3.05, 3.63) is 23.9 Å². The highest BCUT2D eigenvalue weighted by Crippen LogP contribution is 2.25. The molecule has 0 atom stereocenters. The first-order valence-corrected chi connectivity index (χ1v) is 8.16. The maximum absolute atomic E-state index is 11.4. The van der Waals surface area contributed by atoms with Crippen molar-refractivity contribution in [2.75, 3.05) is 24.6 Å². The number of primary amides is 1. The minimum atomic E-state index is -0.615. The van der Waals surface area contributed by atoms with Crippen molar-refractivity contribution in [2.24, 2.45) is 11.7 Å². The third kappa shape index (κ3) is 5.88. The molecule has 0 aromatic carbocycles. The largest absolute Gasteiger partial charge is 0.456 e. The molecule has 2 rings (SSSR count). The first-order valence-electron chi connectivity index (χ1n) is 8.16. The second-order valence-electron chi connectivity index (χ2n) is 6.14. The van der Waals surface area contributed by atoms with Crippen LogP contribution in [0.25, 0.3) is 0 Å². The van der Waals surface area contributed by atoms with Gasteiger partial charge in [-0.2, -0.15) is 0 Å². The summed E-state index contributed by atoms with van der Waals surface area (Å²) in [6, 6.07) is 4.16. The molecule has 0 radical (unpaired) electrons. The van der Waals surface area contributed by atoms with E-state index in [-0.39, 0.29) is 12.6 Å². The number of amides is 1. The fraction of sp³-hybridized carbons (Fsp3) is 0.588. The number of hydrogen-bond donors (Lipinski definition) is 1. The van der Waals surface area contributed by atoms with E-state index in [9.17, 15) is 9.59 Å². The predicted molar refractivity (Wildman–Crippen MR) is 87.9 cm³/mol. The Morgan fingerprint density at radius 1 is 1.35 bits per heavy atom. The second-order valence-corrected chi connectivity index (χ2v) is 6.14. The number of aryl methyl sites for hydroxylation is 1. The van der Waals surface area contributed by atoms with Crippen LogP contribution in [0.4, 0.5) is 5.82 Å². The lowest BCUT2D eigenvalue weighted by Gasteiger charge is -2.32. The van der Waals surface area contributed by atoms with Crippen molar-refractivity contribution in [1.82, 2.24) is 4.98 Å². The van der Waals surface area contributed by atoms with Gasteiger partial charge in [-0.1, -0.05) is 6.07 Å². The molecule has 0 saturated carbocycles. The molecular formula is C17H25N3O3. The molecule has 0 spiro atoms. The average molecular weight is 319 g/mol. The Morgan fingerprint density at radius 2 is 2.09 bits per heavy atom. The van der Waals surface area contributed by atoms with E-state index in [0.29, 0.717) is 12.3 Å². The molecule has 2 heterocycles. The third-order valence-corrected chi connectivity index (χ3v) is 4.20. The number of pyridine rings is 1. The Balaban J connectivity index is 1.64. The number of carbonyl (C=O) groups is 2. The molecule has 0 unspecified atom stereocenters. The molecule has 1 aliphatic heterocycles. The summed E-state index contributed by atoms with van der Waals surface area (Å²) in [7, 11) is 0. The Kier molecular flexibility index (Phi) is 6.38. The van der Waals surface area contributed by atoms with E-state index in [1.807, 2.05) is 13.1 Å². The van der Waals surface area contributed by atoms with Crippen LogP contribution in [-0.2, 0) is 14.3 Å². The second kappa shape index (κ2) is 8.50. The zero-order valence-electron chi connectivity index (χ0n) is 13.7. The lowest BCUT2D eigenvalue weighted by molar-refractivity contribution is -0.147. The van der Waals surface area contributed by atoms with E-state index in [0.717, 1.165) is 44.6 Å². The number of esters is 1. The summed E-state index contributed by atoms with van der Waals surface area (Å²) < 4.78 is 4.75. The van der Waals surface area contributed by atoms with Gasteiger partial charge >= 0.3 is 5.97 Å². The first kappa shape index (κ1) is 17.2. The van der Waals surface area contributed by atoms with Gasteiger partial charge in [0.05, 0.1) is 0 Å². The first-order chi connectivity index (χ1) is 11.0. The minimum Gasteiger partial charge on any atom is -0.456 e. The zero-order chi connectivity index (χ0) is 16.7. The Labute approximate surface area is 137 Å². The van der Waals surface area contributed by atoms with E-state index >= 15 is 0 Å². The zero-order valence-corrected chi connectivity index (χ0v) is 13.7. The summed E-state index contributed by atoms with van der Waals surface area (Å²) in [6.07, 6.45) is 6.30. The highest BCUT2D eigenvalue weighted by atomic mass is 16.5. The summed E-state index contributed by atoms with van der Waals surface area (Å²) in [6.45, 7) is 3.73. The molecule has 23 heavy (non-hydrogen) atoms. The van der Waals surface area contributed by atoms with Gasteiger partial charge in [0.15, 0.2) is 6.61 Å². The van der Waals surface area contributed by atoms with Crippen LogP contribution < -0.4 is 10.6 Å². The number of rotatable bonds is 7. The van der Waals surface area contributed by atoms with Crippen LogP contribution in [0.5, 0.6) is 0 Å². The molecule has 1 aliphatic rings. The smallest absolute Gasteiger partial charge is 0.306 e. The summed E-state index contributed by atoms with van der Waals surface area (Å²) in [4.78, 5) is 28.7. The van der Waals surface area contributed by atoms with Crippen LogP contribution in [0.1, 0.15) is 37.7 Å². The lowest BCUT2D eigenvalue weighted by atomic mass is 9.91. The Hall–Kier alpha value is -2.11. The molecular weight excluding hydrogens is 294 g/mol. The monoisotopic (exact) mass is 319 g/mol. The van der Waals surface area contributed by atoms with E-state index in [2.05, 4.69) is 22.0 Å². The molecule has 2 N–H and O–H groups in total. The number of nitrogens with zero attached hydrogens (tertiary/aromatic N) is 2. The van der Waals surface area contributed by atoms with E-state index in [1.54, 1.807) is 0 Å². The summed E-state index contributed by atoms with van der Waals surface area (Å²) >= 11 is 0. The number of ether oxygens (including phenoxy) is 1. The lowest BCUT2D eigenvalue weighted by Crippen LogP contribution is -2.34. The summed E-state index contributed by atoms with van der Waals surface area (Å²) in [5.41, 5.74) is 6.10. The van der Waals surface area contributed by atoms with Crippen molar-refractivity contribution in [3.8, 4) is 0 Å². The molecule has 1 fully saturated rings. The fourth-order valence-electron chi connectivity index (χ4n) is 2.86. The van der Waals surface area contributed by atoms with E-state index in [1.165, 1.54) is 5.56 Å². The molecule has 1 aromatic rings. The normalized spacial score (nSPS) is 15.4. The quantitative estimate of drug-likeness (QED) is 0.775. The van der Waals surface area contributed by atoms with Crippen molar-refractivity contribution >= 4 is 17.7 Å². The minimum absolute atomic E-state index is 0.319. The van der Waals surface area contributed by atoms with Gasteiger partial charge in [0.25, 0.3) is 5.91 Å². The van der Waals surface area contributed by atoms with Gasteiger partial charge in [-0.05, 0) is 50.2 Å². The van der Waals surface area contributed by atoms with Crippen molar-refractivity contribution in [2.45, 2.75) is 39.0 Å². The molecule has 0 bridgehead atoms. The number of hydrogen-bond acceptors (Lipinski definition) is 5. The predicted octanol–water partition coefficient (Wildman–Crippen LogP) is 1.81. The number of aromatic nitrogens is 1. The molecule has 0 aliphatic carbocycles. The van der Waals surface area contributed by atoms with Crippen molar-refractivity contribution in [3.63, 3.8) is 0 Å². The molecule has 1 aromatic heterocycles. The van der Waals surface area contributed by atoms with E-state index in [4.69, 9.17) is 10.5 Å². The Morgan fingerprint density at radius 3 is 2.70 bits per heavy atom. The van der Waals surface area contributed by atoms with Gasteiger partial charge in [0.2, 0.25) is 0 Å². The van der Waals surface area contributed by atoms with Crippen molar-refractivity contribution in [1.29, 1.82) is 0 Å². The fourth-order valence-corrected chi connectivity index (χ4v) is 2.86. The van der Waals surface area contributed by atoms with Gasteiger partial charge in [0, 0.05) is 25.7 Å². The number of carbonyl (C=O) groups excluding carboxylic acids is 2. The number of piperidine rings is 1. The molecule has 1 amide bonds. The van der Waals surface area contributed by atoms with Crippen LogP contribution in [-0.4, -0.2) is 36.6 Å². The van der Waals surface area contributed by atoms with Crippen LogP contribution >= 0.6 is 0 Å². The highest BCUT2D eigenvalue weighted by molar-refractivity contribution is 5.78. The molecule has 6 nitrogen and oxygen atoms in total. The summed E-state index contributed by atoms with van der Waals surface area (Å²) in [5, 5.41) is 0. The maximum atomic E-state index is 11.4. The SMILES string of the molecule is Cc1ccc(N2CCC(CCCC(=O)OCC(N)=O)CC2)nc1. The maximum Gasteiger partial charge on any atom is 0.306 e. The van der Waals surface area contributed by atoms with Crippen LogP contribution in [0, 0.1) is 12.8 Å². The summed E-state index contributed by atoms with van der Waals surface area (Å²) in [5.74, 6) is 0.727. The third-order valence-electron chi connectivity index (χ3n) is 4.20. The van der Waals surface area contributed by atoms with Gasteiger partial charge in [0.1, 0.15) is 5.82 Å². The number of nitrogens with two attached hydrogens (primary N) is 1. The Bertz CT molecular complexity index is 522. The molecule has 6 heteroatoms. The van der Waals surface area contributed by atoms with Gasteiger partial charge in [-0.25, -0.2) is 4.98 Å². The van der Waals surface area contributed by atoms with Crippen LogP contribution in [0.15, 0.2) is 18.3 Å². The highest BCUT2D eigenvalue weighted by Gasteiger charge is 2.20. The van der Waals surface area contributed by atoms with Crippen LogP contribution in [0.3, 0.4) is 0 Å². The topological polar surface area (TPSA) is 85.5 Å². The van der Waals surface area contributed by atoms with Crippen LogP contribution in [0.2, 0.25) is 0 Å². The van der Waals surface area contributed by atoms with Gasteiger partial charge in [-0.3, -0.25) is 9.59 Å². The standard InChI is InChI=1S/C17H25N3O3/c1-13-5-6-16(19-11-13)20-9-7-14(8-10-20)3-2-4-17(22)23-12-15(18)21/h5-6,11,14H,2-4,7-10,12H2,1H3,(H2,18,21). The average Bonchev–Trinajstić information content (AvgIpc) is 2.54. The molecule has 126 valence electrons.